The predicted octanol–water partition coefficient (Wildman–Crippen LogP) is 4.23. The fraction of sp³-hybridized carbons (Fsp3) is 0.333. The molecule has 2 aliphatic rings. The molecular formula is C24H27N4O5P. The Morgan fingerprint density at radius 2 is 1.62 bits per heavy atom. The number of para-hydroxylation sites is 1. The lowest BCUT2D eigenvalue weighted by Crippen LogP contribution is -2.30. The maximum Gasteiger partial charge on any atom is 0.356 e. The van der Waals surface area contributed by atoms with Crippen molar-refractivity contribution in [3.63, 3.8) is 0 Å². The number of nitrogens with zero attached hydrogens (tertiary/aromatic N) is 4. The fourth-order valence-electron chi connectivity index (χ4n) is 4.45. The first kappa shape index (κ1) is 22.5. The summed E-state index contributed by atoms with van der Waals surface area (Å²) < 4.78 is 41.1. The van der Waals surface area contributed by atoms with Crippen molar-refractivity contribution >= 4 is 24.5 Å². The van der Waals surface area contributed by atoms with E-state index in [1.54, 1.807) is 38.1 Å². The third-order valence-corrected chi connectivity index (χ3v) is 8.73. The van der Waals surface area contributed by atoms with Gasteiger partial charge < -0.3 is 18.7 Å². The summed E-state index contributed by atoms with van der Waals surface area (Å²) in [6, 6.07) is 13.2. The van der Waals surface area contributed by atoms with Crippen LogP contribution in [0.15, 0.2) is 47.5 Å². The normalized spacial score (nSPS) is 19.8. The van der Waals surface area contributed by atoms with Gasteiger partial charge >= 0.3 is 7.52 Å². The van der Waals surface area contributed by atoms with Gasteiger partial charge in [-0.2, -0.15) is 10.1 Å². The average Bonchev–Trinajstić information content (AvgIpc) is 3.53. The van der Waals surface area contributed by atoms with Gasteiger partial charge in [-0.05, 0) is 44.0 Å². The Labute approximate surface area is 198 Å². The number of aliphatic imine (C=N–C) groups is 1. The Balaban J connectivity index is 1.74. The molecule has 1 saturated heterocycles. The van der Waals surface area contributed by atoms with E-state index in [0.29, 0.717) is 52.7 Å². The van der Waals surface area contributed by atoms with E-state index >= 15 is 0 Å². The van der Waals surface area contributed by atoms with E-state index < -0.39 is 7.52 Å². The highest BCUT2D eigenvalue weighted by atomic mass is 31.2. The van der Waals surface area contributed by atoms with Crippen LogP contribution in [0.2, 0.25) is 0 Å². The Morgan fingerprint density at radius 3 is 2.21 bits per heavy atom. The zero-order valence-corrected chi connectivity index (χ0v) is 20.5. The topological polar surface area (TPSA) is 87.4 Å². The van der Waals surface area contributed by atoms with Crippen LogP contribution in [0.5, 0.6) is 17.2 Å². The van der Waals surface area contributed by atoms with Gasteiger partial charge in [0.2, 0.25) is 11.6 Å². The minimum atomic E-state index is -3.47. The molecule has 0 radical (unpaired) electrons. The highest BCUT2D eigenvalue weighted by molar-refractivity contribution is 7.65. The van der Waals surface area contributed by atoms with Crippen LogP contribution < -0.4 is 19.5 Å². The molecular weight excluding hydrogens is 455 g/mol. The highest BCUT2D eigenvalue weighted by Gasteiger charge is 2.46. The molecule has 0 N–H and O–H groups in total. The number of benzene rings is 2. The van der Waals surface area contributed by atoms with Crippen LogP contribution in [-0.4, -0.2) is 54.8 Å². The van der Waals surface area contributed by atoms with Gasteiger partial charge in [-0.25, -0.2) is 9.35 Å². The Bertz CT molecular complexity index is 1270. The molecule has 178 valence electrons. The molecule has 2 aromatic carbocycles. The fourth-order valence-corrected chi connectivity index (χ4v) is 6.98. The summed E-state index contributed by atoms with van der Waals surface area (Å²) >= 11 is 0. The van der Waals surface area contributed by atoms with Gasteiger partial charge in [0.1, 0.15) is 5.30 Å². The third kappa shape index (κ3) is 3.56. The van der Waals surface area contributed by atoms with Crippen LogP contribution >= 0.6 is 7.52 Å². The zero-order chi connectivity index (χ0) is 23.9. The molecule has 3 aromatic rings. The summed E-state index contributed by atoms with van der Waals surface area (Å²) in [5.74, 6) is 2.10. The van der Waals surface area contributed by atoms with Crippen LogP contribution in [0.4, 0.5) is 5.82 Å². The second-order valence-electron chi connectivity index (χ2n) is 8.11. The lowest BCUT2D eigenvalue weighted by molar-refractivity contribution is 0.324. The van der Waals surface area contributed by atoms with Crippen LogP contribution in [-0.2, 0) is 9.09 Å². The van der Waals surface area contributed by atoms with Crippen molar-refractivity contribution in [2.24, 2.45) is 4.99 Å². The number of rotatable bonds is 6. The molecule has 1 aromatic heterocycles. The summed E-state index contributed by atoms with van der Waals surface area (Å²) in [5.41, 5.74) is 2.04. The van der Waals surface area contributed by atoms with Crippen molar-refractivity contribution in [3.8, 4) is 22.9 Å². The molecule has 1 atom stereocenters. The van der Waals surface area contributed by atoms with E-state index in [0.717, 1.165) is 18.5 Å². The molecule has 0 bridgehead atoms. The quantitative estimate of drug-likeness (QED) is 0.486. The summed E-state index contributed by atoms with van der Waals surface area (Å²) in [4.78, 5) is 4.83. The number of hydrogen-bond acceptors (Lipinski definition) is 7. The molecule has 1 unspecified atom stereocenters. The van der Waals surface area contributed by atoms with Gasteiger partial charge in [0, 0.05) is 18.7 Å². The summed E-state index contributed by atoms with van der Waals surface area (Å²) in [6.45, 7) is 3.23. The van der Waals surface area contributed by atoms with Gasteiger partial charge in [-0.1, -0.05) is 18.2 Å². The van der Waals surface area contributed by atoms with E-state index in [9.17, 15) is 4.57 Å². The second kappa shape index (κ2) is 8.81. The lowest BCUT2D eigenvalue weighted by Gasteiger charge is -2.31. The standard InChI is InChI=1S/C24H27N4O5P/c1-16-22-23(28(26-16)18-10-6-5-7-11-18)25-24(33-34(22,29)27-12-8-9-13-27)17-14-19(30-2)21(32-4)20(15-17)31-3/h5-7,10-11,14-15H,8-9,12-13H2,1-4H3. The summed E-state index contributed by atoms with van der Waals surface area (Å²) in [6.07, 6.45) is 1.93. The van der Waals surface area contributed by atoms with Crippen molar-refractivity contribution in [3.05, 3.63) is 53.7 Å². The molecule has 9 nitrogen and oxygen atoms in total. The predicted molar refractivity (Wildman–Crippen MR) is 130 cm³/mol. The first-order valence-corrected chi connectivity index (χ1v) is 12.7. The zero-order valence-electron chi connectivity index (χ0n) is 19.6. The molecule has 2 aliphatic heterocycles. The minimum absolute atomic E-state index is 0.221. The van der Waals surface area contributed by atoms with Gasteiger partial charge in [-0.3, -0.25) is 4.57 Å². The highest BCUT2D eigenvalue weighted by Crippen LogP contribution is 2.57. The maximum atomic E-state index is 14.6. The molecule has 3 heterocycles. The van der Waals surface area contributed by atoms with E-state index in [2.05, 4.69) is 0 Å². The Hall–Kier alpha value is -3.29. The number of hydrogen-bond donors (Lipinski definition) is 0. The van der Waals surface area contributed by atoms with Crippen LogP contribution in [0.3, 0.4) is 0 Å². The third-order valence-electron chi connectivity index (χ3n) is 6.07. The molecule has 0 aliphatic carbocycles. The Morgan fingerprint density at radius 1 is 0.971 bits per heavy atom. The number of aromatic nitrogens is 2. The molecule has 5 rings (SSSR count). The largest absolute Gasteiger partial charge is 0.493 e. The van der Waals surface area contributed by atoms with Gasteiger partial charge in [0.25, 0.3) is 0 Å². The first-order valence-electron chi connectivity index (χ1n) is 11.1. The van der Waals surface area contributed by atoms with Crippen molar-refractivity contribution in [2.75, 3.05) is 34.4 Å². The first-order chi connectivity index (χ1) is 16.5. The molecule has 1 fully saturated rings. The smallest absolute Gasteiger partial charge is 0.356 e. The molecule has 34 heavy (non-hydrogen) atoms. The molecule has 10 heteroatoms. The van der Waals surface area contributed by atoms with Crippen LogP contribution in [0.1, 0.15) is 24.1 Å². The van der Waals surface area contributed by atoms with Gasteiger partial charge in [0.15, 0.2) is 17.3 Å². The van der Waals surface area contributed by atoms with E-state index in [1.165, 1.54) is 0 Å². The second-order valence-corrected chi connectivity index (χ2v) is 10.3. The van der Waals surface area contributed by atoms with Crippen molar-refractivity contribution in [1.82, 2.24) is 14.5 Å². The number of ether oxygens (including phenoxy) is 3. The van der Waals surface area contributed by atoms with Gasteiger partial charge in [0.05, 0.1) is 32.7 Å². The summed E-state index contributed by atoms with van der Waals surface area (Å²) in [5, 5.41) is 5.26. The van der Waals surface area contributed by atoms with Crippen molar-refractivity contribution in [1.29, 1.82) is 0 Å². The van der Waals surface area contributed by atoms with E-state index in [4.69, 9.17) is 28.8 Å². The lowest BCUT2D eigenvalue weighted by atomic mass is 10.1. The molecule has 0 saturated carbocycles. The van der Waals surface area contributed by atoms with E-state index in [1.807, 2.05) is 41.9 Å². The average molecular weight is 482 g/mol. The van der Waals surface area contributed by atoms with Crippen LogP contribution in [0.25, 0.3) is 5.69 Å². The number of methoxy groups -OCH3 is 3. The maximum absolute atomic E-state index is 14.6. The summed E-state index contributed by atoms with van der Waals surface area (Å²) in [7, 11) is 1.17. The van der Waals surface area contributed by atoms with Crippen molar-refractivity contribution in [2.45, 2.75) is 19.8 Å². The van der Waals surface area contributed by atoms with Gasteiger partial charge in [-0.15, -0.1) is 0 Å². The SMILES string of the molecule is COc1cc(C2=Nc3c(c(C)nn3-c3ccccc3)P(=O)(N3CCCC3)O2)cc(OC)c1OC. The number of aryl methyl sites for hydroxylation is 1. The monoisotopic (exact) mass is 482 g/mol. The van der Waals surface area contributed by atoms with Crippen molar-refractivity contribution < 1.29 is 23.3 Å². The molecule has 0 amide bonds. The molecule has 0 spiro atoms. The Kier molecular flexibility index (Phi) is 5.83. The van der Waals surface area contributed by atoms with Crippen LogP contribution in [0, 0.1) is 6.92 Å². The van der Waals surface area contributed by atoms with E-state index in [-0.39, 0.29) is 5.90 Å². The number of fused-ring (bicyclic) bond motifs is 1. The minimum Gasteiger partial charge on any atom is -0.493 e.